The molecule has 0 amide bonds. The summed E-state index contributed by atoms with van der Waals surface area (Å²) in [5.74, 6) is 0. The summed E-state index contributed by atoms with van der Waals surface area (Å²) in [5, 5.41) is 0. The van der Waals surface area contributed by atoms with E-state index in [-0.39, 0.29) is 0 Å². The molecule has 2 aromatic rings. The van der Waals surface area contributed by atoms with Crippen LogP contribution in [-0.4, -0.2) is 15.0 Å². The quantitative estimate of drug-likeness (QED) is 0.946. The van der Waals surface area contributed by atoms with E-state index in [1.54, 1.807) is 0 Å². The van der Waals surface area contributed by atoms with Gasteiger partial charge in [0, 0.05) is 18.0 Å². The Bertz CT molecular complexity index is 750. The van der Waals surface area contributed by atoms with Gasteiger partial charge < -0.3 is 5.73 Å². The first kappa shape index (κ1) is 13.6. The van der Waals surface area contributed by atoms with Crippen molar-refractivity contribution < 1.29 is 8.42 Å². The van der Waals surface area contributed by atoms with Crippen molar-refractivity contribution in [3.8, 4) is 0 Å². The fourth-order valence-electron chi connectivity index (χ4n) is 2.54. The second-order valence-electron chi connectivity index (χ2n) is 4.84. The number of nitrogens with zero attached hydrogens (tertiary/aromatic N) is 1. The van der Waals surface area contributed by atoms with Crippen molar-refractivity contribution in [1.82, 2.24) is 0 Å². The molecule has 0 aliphatic carbocycles. The van der Waals surface area contributed by atoms with Crippen molar-refractivity contribution in [2.24, 2.45) is 5.73 Å². The summed E-state index contributed by atoms with van der Waals surface area (Å²) in [7, 11) is -3.48. The van der Waals surface area contributed by atoms with Crippen LogP contribution in [0, 0.1) is 6.92 Å². The van der Waals surface area contributed by atoms with Crippen molar-refractivity contribution in [1.29, 1.82) is 0 Å². The summed E-state index contributed by atoms with van der Waals surface area (Å²) in [6.07, 6.45) is 0.767. The Morgan fingerprint density at radius 1 is 1.35 bits per heavy atom. The lowest BCUT2D eigenvalue weighted by molar-refractivity contribution is 0.594. The van der Waals surface area contributed by atoms with E-state index in [2.05, 4.69) is 0 Å². The van der Waals surface area contributed by atoms with Crippen molar-refractivity contribution in [2.75, 3.05) is 10.8 Å². The van der Waals surface area contributed by atoms with E-state index in [4.69, 9.17) is 5.73 Å². The molecule has 1 aliphatic heterocycles. The maximum absolute atomic E-state index is 12.8. The molecular formula is C14H16N2O2S2. The maximum atomic E-state index is 12.8. The molecular weight excluding hydrogens is 292 g/mol. The molecule has 6 heteroatoms. The predicted octanol–water partition coefficient (Wildman–Crippen LogP) is 2.27. The van der Waals surface area contributed by atoms with Gasteiger partial charge in [-0.2, -0.15) is 0 Å². The number of benzene rings is 1. The number of para-hydroxylation sites is 1. The van der Waals surface area contributed by atoms with Crippen LogP contribution in [0.1, 0.15) is 16.0 Å². The summed E-state index contributed by atoms with van der Waals surface area (Å²) < 4.78 is 27.6. The molecule has 0 atom stereocenters. The number of anilines is 1. The molecule has 0 bridgehead atoms. The van der Waals surface area contributed by atoms with E-state index in [1.807, 2.05) is 37.3 Å². The minimum absolute atomic E-state index is 0.373. The van der Waals surface area contributed by atoms with Gasteiger partial charge in [0.15, 0.2) is 0 Å². The molecule has 106 valence electrons. The molecule has 0 spiro atoms. The van der Waals surface area contributed by atoms with E-state index in [1.165, 1.54) is 15.6 Å². The van der Waals surface area contributed by atoms with Crippen LogP contribution >= 0.6 is 11.3 Å². The zero-order valence-electron chi connectivity index (χ0n) is 11.2. The summed E-state index contributed by atoms with van der Waals surface area (Å²) in [4.78, 5) is 0.897. The number of aryl methyl sites for hydroxylation is 1. The first-order chi connectivity index (χ1) is 9.54. The van der Waals surface area contributed by atoms with Crippen LogP contribution in [0.3, 0.4) is 0 Å². The Labute approximate surface area is 122 Å². The number of fused-ring (bicyclic) bond motifs is 1. The van der Waals surface area contributed by atoms with Crippen LogP contribution in [0.5, 0.6) is 0 Å². The Kier molecular flexibility index (Phi) is 3.32. The third-order valence-electron chi connectivity index (χ3n) is 3.49. The zero-order chi connectivity index (χ0) is 14.3. The Balaban J connectivity index is 2.07. The van der Waals surface area contributed by atoms with Crippen molar-refractivity contribution in [3.63, 3.8) is 0 Å². The molecule has 2 heterocycles. The molecule has 0 saturated heterocycles. The van der Waals surface area contributed by atoms with E-state index >= 15 is 0 Å². The highest BCUT2D eigenvalue weighted by Gasteiger charge is 2.32. The molecule has 0 fully saturated rings. The molecule has 1 aromatic heterocycles. The van der Waals surface area contributed by atoms with Crippen molar-refractivity contribution in [2.45, 2.75) is 24.1 Å². The molecule has 0 unspecified atom stereocenters. The van der Waals surface area contributed by atoms with Gasteiger partial charge in [0.2, 0.25) is 0 Å². The SMILES string of the molecule is Cc1cc(CN)sc1S(=O)(=O)N1CCc2ccccc21. The van der Waals surface area contributed by atoms with E-state index < -0.39 is 10.0 Å². The summed E-state index contributed by atoms with van der Waals surface area (Å²) >= 11 is 1.27. The first-order valence-corrected chi connectivity index (χ1v) is 8.69. The predicted molar refractivity (Wildman–Crippen MR) is 81.6 cm³/mol. The van der Waals surface area contributed by atoms with Gasteiger partial charge in [-0.1, -0.05) is 18.2 Å². The maximum Gasteiger partial charge on any atom is 0.274 e. The smallest absolute Gasteiger partial charge is 0.274 e. The molecule has 4 nitrogen and oxygen atoms in total. The number of thiophene rings is 1. The van der Waals surface area contributed by atoms with E-state index in [0.717, 1.165) is 28.1 Å². The van der Waals surface area contributed by atoms with Crippen LogP contribution < -0.4 is 10.0 Å². The van der Waals surface area contributed by atoms with E-state index in [9.17, 15) is 8.42 Å². The normalized spacial score (nSPS) is 14.6. The molecule has 3 rings (SSSR count). The highest BCUT2D eigenvalue weighted by atomic mass is 32.2. The second kappa shape index (κ2) is 4.87. The van der Waals surface area contributed by atoms with Crippen LogP contribution in [-0.2, 0) is 23.0 Å². The van der Waals surface area contributed by atoms with Crippen LogP contribution in [0.25, 0.3) is 0 Å². The molecule has 1 aromatic carbocycles. The number of hydrogen-bond acceptors (Lipinski definition) is 4. The zero-order valence-corrected chi connectivity index (χ0v) is 12.8. The van der Waals surface area contributed by atoms with Crippen molar-refractivity contribution in [3.05, 3.63) is 46.3 Å². The second-order valence-corrected chi connectivity index (χ2v) is 8.04. The van der Waals surface area contributed by atoms with Gasteiger partial charge in [0.1, 0.15) is 4.21 Å². The summed E-state index contributed by atoms with van der Waals surface area (Å²) in [5.41, 5.74) is 8.27. The van der Waals surface area contributed by atoms with Crippen LogP contribution in [0.15, 0.2) is 34.5 Å². The molecule has 0 radical (unpaired) electrons. The average Bonchev–Trinajstić information content (AvgIpc) is 3.02. The van der Waals surface area contributed by atoms with Gasteiger partial charge in [0.25, 0.3) is 10.0 Å². The topological polar surface area (TPSA) is 63.4 Å². The largest absolute Gasteiger partial charge is 0.326 e. The lowest BCUT2D eigenvalue weighted by atomic mass is 10.2. The van der Waals surface area contributed by atoms with Gasteiger partial charge in [-0.15, -0.1) is 11.3 Å². The minimum atomic E-state index is -3.48. The molecule has 1 aliphatic rings. The fraction of sp³-hybridized carbons (Fsp3) is 0.286. The highest BCUT2D eigenvalue weighted by Crippen LogP contribution is 2.36. The number of sulfonamides is 1. The Morgan fingerprint density at radius 2 is 2.10 bits per heavy atom. The summed E-state index contributed by atoms with van der Waals surface area (Å²) in [6, 6.07) is 9.53. The molecule has 20 heavy (non-hydrogen) atoms. The number of nitrogens with two attached hydrogens (primary N) is 1. The third kappa shape index (κ3) is 2.04. The molecule has 2 N–H and O–H groups in total. The Morgan fingerprint density at radius 3 is 2.80 bits per heavy atom. The van der Waals surface area contributed by atoms with Gasteiger partial charge in [-0.25, -0.2) is 8.42 Å². The minimum Gasteiger partial charge on any atom is -0.326 e. The highest BCUT2D eigenvalue weighted by molar-refractivity contribution is 7.94. The van der Waals surface area contributed by atoms with Crippen molar-refractivity contribution >= 4 is 27.0 Å². The average molecular weight is 308 g/mol. The van der Waals surface area contributed by atoms with Gasteiger partial charge in [0.05, 0.1) is 5.69 Å². The lowest BCUT2D eigenvalue weighted by Crippen LogP contribution is -2.28. The Hall–Kier alpha value is -1.37. The van der Waals surface area contributed by atoms with Crippen LogP contribution in [0.4, 0.5) is 5.69 Å². The van der Waals surface area contributed by atoms with E-state index in [0.29, 0.717) is 17.3 Å². The fourth-order valence-corrected chi connectivity index (χ4v) is 5.77. The standard InChI is InChI=1S/C14H16N2O2S2/c1-10-8-12(9-15)19-14(10)20(17,18)16-7-6-11-4-2-3-5-13(11)16/h2-5,8H,6-7,9,15H2,1H3. The molecule has 0 saturated carbocycles. The number of rotatable bonds is 3. The summed E-state index contributed by atoms with van der Waals surface area (Å²) in [6.45, 7) is 2.71. The lowest BCUT2D eigenvalue weighted by Gasteiger charge is -2.19. The third-order valence-corrected chi connectivity index (χ3v) is 7.18. The monoisotopic (exact) mass is 308 g/mol. The number of hydrogen-bond donors (Lipinski definition) is 1. The first-order valence-electron chi connectivity index (χ1n) is 6.44. The van der Waals surface area contributed by atoms with Crippen LogP contribution in [0.2, 0.25) is 0 Å². The van der Waals surface area contributed by atoms with Gasteiger partial charge in [-0.05, 0) is 36.6 Å². The van der Waals surface area contributed by atoms with Gasteiger partial charge in [-0.3, -0.25) is 4.31 Å². The van der Waals surface area contributed by atoms with Gasteiger partial charge >= 0.3 is 0 Å².